The Labute approximate surface area is 142 Å². The van der Waals surface area contributed by atoms with E-state index in [1.165, 1.54) is 5.56 Å². The van der Waals surface area contributed by atoms with Crippen molar-refractivity contribution in [3.8, 4) is 0 Å². The van der Waals surface area contributed by atoms with Gasteiger partial charge in [0.15, 0.2) is 0 Å². The molecule has 2 aliphatic rings. The highest BCUT2D eigenvalue weighted by atomic mass is 16.5. The molecule has 0 spiro atoms. The zero-order chi connectivity index (χ0) is 17.1. The van der Waals surface area contributed by atoms with E-state index in [9.17, 15) is 9.59 Å². The Kier molecular flexibility index (Phi) is 5.04. The summed E-state index contributed by atoms with van der Waals surface area (Å²) in [6.45, 7) is 6.83. The number of carbonyl (C=O) groups is 2. The van der Waals surface area contributed by atoms with Crippen molar-refractivity contribution in [1.82, 2.24) is 10.2 Å². The van der Waals surface area contributed by atoms with E-state index in [1.807, 2.05) is 32.0 Å². The van der Waals surface area contributed by atoms with E-state index in [0.717, 1.165) is 12.1 Å². The fraction of sp³-hybridized carbons (Fsp3) is 0.556. The van der Waals surface area contributed by atoms with Crippen molar-refractivity contribution >= 4 is 17.6 Å². The van der Waals surface area contributed by atoms with Crippen LogP contribution < -0.4 is 10.2 Å². The third-order valence-corrected chi connectivity index (χ3v) is 4.66. The average molecular weight is 331 g/mol. The quantitative estimate of drug-likeness (QED) is 0.916. The third kappa shape index (κ3) is 3.38. The first kappa shape index (κ1) is 16.8. The van der Waals surface area contributed by atoms with Crippen LogP contribution in [0.15, 0.2) is 24.3 Å². The maximum atomic E-state index is 13.0. The number of morpholine rings is 1. The maximum absolute atomic E-state index is 13.0. The standard InChI is InChI=1S/C18H25N3O3/c1-13(2)16(19-18(23)20-9-11-24-12-10-20)17(22)21-8-7-14-5-3-4-6-15(14)21/h3-6,13,16H,7-12H2,1-2H3,(H,19,23)/t16-/m0/s1. The molecule has 1 N–H and O–H groups in total. The number of hydrogen-bond acceptors (Lipinski definition) is 3. The summed E-state index contributed by atoms with van der Waals surface area (Å²) in [5.41, 5.74) is 2.15. The van der Waals surface area contributed by atoms with Crippen molar-refractivity contribution in [2.24, 2.45) is 5.92 Å². The molecule has 2 heterocycles. The molecule has 0 aromatic heterocycles. The molecule has 0 aliphatic carbocycles. The zero-order valence-electron chi connectivity index (χ0n) is 14.3. The van der Waals surface area contributed by atoms with Gasteiger partial charge in [0.1, 0.15) is 6.04 Å². The number of ether oxygens (including phenoxy) is 1. The lowest BCUT2D eigenvalue weighted by atomic mass is 10.0. The lowest BCUT2D eigenvalue weighted by Crippen LogP contribution is -2.55. The summed E-state index contributed by atoms with van der Waals surface area (Å²) in [4.78, 5) is 29.0. The Morgan fingerprint density at radius 3 is 2.54 bits per heavy atom. The average Bonchev–Trinajstić information content (AvgIpc) is 3.03. The molecule has 1 aromatic rings. The summed E-state index contributed by atoms with van der Waals surface area (Å²) in [7, 11) is 0. The second-order valence-electron chi connectivity index (χ2n) is 6.64. The molecule has 1 fully saturated rings. The van der Waals surface area contributed by atoms with Crippen LogP contribution in [0.25, 0.3) is 0 Å². The number of benzene rings is 1. The number of urea groups is 1. The molecule has 3 rings (SSSR count). The second-order valence-corrected chi connectivity index (χ2v) is 6.64. The summed E-state index contributed by atoms with van der Waals surface area (Å²) < 4.78 is 5.27. The van der Waals surface area contributed by atoms with Gasteiger partial charge in [0.05, 0.1) is 13.2 Å². The van der Waals surface area contributed by atoms with Gasteiger partial charge in [-0.25, -0.2) is 4.79 Å². The molecule has 24 heavy (non-hydrogen) atoms. The van der Waals surface area contributed by atoms with Crippen molar-refractivity contribution in [2.45, 2.75) is 26.3 Å². The van der Waals surface area contributed by atoms with Gasteiger partial charge in [0.2, 0.25) is 5.91 Å². The number of rotatable bonds is 3. The van der Waals surface area contributed by atoms with Gasteiger partial charge in [-0.05, 0) is 24.0 Å². The second kappa shape index (κ2) is 7.21. The van der Waals surface area contributed by atoms with Gasteiger partial charge in [0.25, 0.3) is 0 Å². The lowest BCUT2D eigenvalue weighted by molar-refractivity contribution is -0.121. The van der Waals surface area contributed by atoms with Crippen molar-refractivity contribution in [3.05, 3.63) is 29.8 Å². The Morgan fingerprint density at radius 2 is 1.83 bits per heavy atom. The van der Waals surface area contributed by atoms with Crippen molar-refractivity contribution in [2.75, 3.05) is 37.7 Å². The van der Waals surface area contributed by atoms with Gasteiger partial charge in [-0.2, -0.15) is 0 Å². The van der Waals surface area contributed by atoms with Crippen molar-refractivity contribution in [1.29, 1.82) is 0 Å². The summed E-state index contributed by atoms with van der Waals surface area (Å²) >= 11 is 0. The highest BCUT2D eigenvalue weighted by Crippen LogP contribution is 2.28. The fourth-order valence-corrected chi connectivity index (χ4v) is 3.24. The van der Waals surface area contributed by atoms with Gasteiger partial charge in [0, 0.05) is 25.3 Å². The molecule has 0 saturated carbocycles. The third-order valence-electron chi connectivity index (χ3n) is 4.66. The Morgan fingerprint density at radius 1 is 1.12 bits per heavy atom. The molecule has 6 nitrogen and oxygen atoms in total. The molecule has 1 saturated heterocycles. The van der Waals surface area contributed by atoms with Crippen LogP contribution in [-0.4, -0.2) is 55.7 Å². The molecular formula is C18H25N3O3. The van der Waals surface area contributed by atoms with Gasteiger partial charge >= 0.3 is 6.03 Å². The Bertz CT molecular complexity index is 611. The van der Waals surface area contributed by atoms with E-state index in [2.05, 4.69) is 11.4 Å². The zero-order valence-corrected chi connectivity index (χ0v) is 14.3. The van der Waals surface area contributed by atoms with E-state index >= 15 is 0 Å². The number of anilines is 1. The molecule has 0 unspecified atom stereocenters. The lowest BCUT2D eigenvalue weighted by Gasteiger charge is -2.32. The smallest absolute Gasteiger partial charge is 0.318 e. The number of carbonyl (C=O) groups excluding carboxylic acids is 2. The van der Waals surface area contributed by atoms with E-state index < -0.39 is 6.04 Å². The van der Waals surface area contributed by atoms with Gasteiger partial charge in [-0.1, -0.05) is 32.0 Å². The largest absolute Gasteiger partial charge is 0.378 e. The van der Waals surface area contributed by atoms with Crippen LogP contribution in [0.1, 0.15) is 19.4 Å². The van der Waals surface area contributed by atoms with E-state index in [-0.39, 0.29) is 17.9 Å². The summed E-state index contributed by atoms with van der Waals surface area (Å²) in [5.74, 6) is -0.00758. The number of hydrogen-bond donors (Lipinski definition) is 1. The van der Waals surface area contributed by atoms with Crippen LogP contribution in [0, 0.1) is 5.92 Å². The van der Waals surface area contributed by atoms with Crippen molar-refractivity contribution < 1.29 is 14.3 Å². The van der Waals surface area contributed by atoms with E-state index in [1.54, 1.807) is 9.80 Å². The van der Waals surface area contributed by atoms with Gasteiger partial charge in [-0.3, -0.25) is 4.79 Å². The highest BCUT2D eigenvalue weighted by Gasteiger charge is 2.33. The summed E-state index contributed by atoms with van der Waals surface area (Å²) in [5, 5.41) is 2.93. The first-order valence-electron chi connectivity index (χ1n) is 8.60. The molecule has 1 aromatic carbocycles. The summed E-state index contributed by atoms with van der Waals surface area (Å²) in [6.07, 6.45) is 0.865. The maximum Gasteiger partial charge on any atom is 0.318 e. The number of para-hydroxylation sites is 1. The minimum absolute atomic E-state index is 0.0234. The monoisotopic (exact) mass is 331 g/mol. The van der Waals surface area contributed by atoms with Crippen LogP contribution >= 0.6 is 0 Å². The summed E-state index contributed by atoms with van der Waals surface area (Å²) in [6, 6.07) is 7.26. The number of fused-ring (bicyclic) bond motifs is 1. The SMILES string of the molecule is CC(C)[C@H](NC(=O)N1CCOCC1)C(=O)N1CCc2ccccc21. The van der Waals surface area contributed by atoms with Crippen LogP contribution in [0.3, 0.4) is 0 Å². The normalized spacial score (nSPS) is 18.5. The Hall–Kier alpha value is -2.08. The molecule has 3 amide bonds. The Balaban J connectivity index is 1.71. The minimum atomic E-state index is -0.522. The predicted molar refractivity (Wildman–Crippen MR) is 92.0 cm³/mol. The molecule has 0 radical (unpaired) electrons. The van der Waals surface area contributed by atoms with Crippen LogP contribution in [0.2, 0.25) is 0 Å². The van der Waals surface area contributed by atoms with Crippen LogP contribution in [-0.2, 0) is 16.0 Å². The molecular weight excluding hydrogens is 306 g/mol. The number of nitrogens with zero attached hydrogens (tertiary/aromatic N) is 2. The first-order valence-corrected chi connectivity index (χ1v) is 8.60. The minimum Gasteiger partial charge on any atom is -0.378 e. The first-order chi connectivity index (χ1) is 11.6. The van der Waals surface area contributed by atoms with Gasteiger partial charge < -0.3 is 19.9 Å². The fourth-order valence-electron chi connectivity index (χ4n) is 3.24. The molecule has 1 atom stereocenters. The van der Waals surface area contributed by atoms with Crippen LogP contribution in [0.5, 0.6) is 0 Å². The topological polar surface area (TPSA) is 61.9 Å². The highest BCUT2D eigenvalue weighted by molar-refractivity contribution is 6.00. The number of nitrogens with one attached hydrogen (secondary N) is 1. The van der Waals surface area contributed by atoms with Crippen molar-refractivity contribution in [3.63, 3.8) is 0 Å². The van der Waals surface area contributed by atoms with Crippen LogP contribution in [0.4, 0.5) is 10.5 Å². The molecule has 6 heteroatoms. The molecule has 2 aliphatic heterocycles. The molecule has 130 valence electrons. The van der Waals surface area contributed by atoms with Gasteiger partial charge in [-0.15, -0.1) is 0 Å². The predicted octanol–water partition coefficient (Wildman–Crippen LogP) is 1.64. The number of amides is 3. The van der Waals surface area contributed by atoms with E-state index in [4.69, 9.17) is 4.74 Å². The molecule has 0 bridgehead atoms. The van der Waals surface area contributed by atoms with E-state index in [0.29, 0.717) is 32.8 Å².